The van der Waals surface area contributed by atoms with Crippen LogP contribution in [-0.4, -0.2) is 32.7 Å². The normalized spacial score (nSPS) is 17.7. The molecule has 0 fully saturated rings. The molecule has 138 valence electrons. The van der Waals surface area contributed by atoms with Crippen LogP contribution in [0.5, 0.6) is 0 Å². The summed E-state index contributed by atoms with van der Waals surface area (Å²) in [4.78, 5) is 14.8. The first-order valence-corrected chi connectivity index (χ1v) is 10.2. The highest BCUT2D eigenvalue weighted by atomic mass is 32.2. The first-order chi connectivity index (χ1) is 12.2. The number of hydrogen-bond acceptors (Lipinski definition) is 3. The zero-order valence-corrected chi connectivity index (χ0v) is 15.7. The van der Waals surface area contributed by atoms with Crippen LogP contribution in [0.2, 0.25) is 0 Å². The number of hydrogen-bond donors (Lipinski definition) is 0. The molecule has 1 aliphatic heterocycles. The predicted molar refractivity (Wildman–Crippen MR) is 100 cm³/mol. The van der Waals surface area contributed by atoms with Crippen LogP contribution >= 0.6 is 0 Å². The third kappa shape index (κ3) is 3.31. The van der Waals surface area contributed by atoms with Gasteiger partial charge in [-0.25, -0.2) is 12.8 Å². The molecular weight excluding hydrogens is 355 g/mol. The van der Waals surface area contributed by atoms with Crippen LogP contribution in [0.3, 0.4) is 0 Å². The number of carbonyl (C=O) groups is 1. The van der Waals surface area contributed by atoms with Crippen LogP contribution in [0.1, 0.15) is 19.4 Å². The number of sulfonamides is 1. The summed E-state index contributed by atoms with van der Waals surface area (Å²) in [5, 5.41) is 0. The second-order valence-corrected chi connectivity index (χ2v) is 8.46. The summed E-state index contributed by atoms with van der Waals surface area (Å²) in [6, 6.07) is 11.7. The Bertz CT molecular complexity index is 928. The Hall–Kier alpha value is -2.41. The van der Waals surface area contributed by atoms with Gasteiger partial charge in [0.1, 0.15) is 11.9 Å². The molecule has 0 aliphatic carbocycles. The minimum Gasteiger partial charge on any atom is -0.307 e. The van der Waals surface area contributed by atoms with Crippen molar-refractivity contribution < 1.29 is 17.6 Å². The van der Waals surface area contributed by atoms with E-state index in [0.29, 0.717) is 0 Å². The third-order valence-electron chi connectivity index (χ3n) is 4.59. The number of amides is 1. The lowest BCUT2D eigenvalue weighted by molar-refractivity contribution is -0.119. The minimum atomic E-state index is -3.74. The van der Waals surface area contributed by atoms with Crippen molar-refractivity contribution in [2.45, 2.75) is 32.4 Å². The monoisotopic (exact) mass is 376 g/mol. The summed E-state index contributed by atoms with van der Waals surface area (Å²) < 4.78 is 39.0. The van der Waals surface area contributed by atoms with Gasteiger partial charge in [0.2, 0.25) is 10.0 Å². The smallest absolute Gasteiger partial charge is 0.250 e. The number of fused-ring (bicyclic) bond motifs is 1. The van der Waals surface area contributed by atoms with Crippen molar-refractivity contribution in [3.63, 3.8) is 0 Å². The highest BCUT2D eigenvalue weighted by molar-refractivity contribution is 7.92. The van der Waals surface area contributed by atoms with Crippen LogP contribution in [0.4, 0.5) is 15.8 Å². The molecule has 0 aromatic heterocycles. The van der Waals surface area contributed by atoms with Gasteiger partial charge in [0.05, 0.1) is 11.9 Å². The van der Waals surface area contributed by atoms with Crippen LogP contribution in [0.25, 0.3) is 0 Å². The maximum atomic E-state index is 13.2. The van der Waals surface area contributed by atoms with Crippen molar-refractivity contribution in [3.05, 3.63) is 59.9 Å². The first-order valence-electron chi connectivity index (χ1n) is 8.36. The Balaban J connectivity index is 1.98. The largest absolute Gasteiger partial charge is 0.307 e. The topological polar surface area (TPSA) is 57.7 Å². The van der Waals surface area contributed by atoms with Gasteiger partial charge in [-0.15, -0.1) is 0 Å². The number of rotatable bonds is 4. The van der Waals surface area contributed by atoms with Gasteiger partial charge in [-0.3, -0.25) is 9.10 Å². The van der Waals surface area contributed by atoms with E-state index in [1.807, 2.05) is 31.2 Å². The second kappa shape index (κ2) is 6.72. The average molecular weight is 376 g/mol. The number of benzene rings is 2. The molecule has 0 saturated heterocycles. The summed E-state index contributed by atoms with van der Waals surface area (Å²) in [7, 11) is -3.74. The maximum absolute atomic E-state index is 13.2. The molecule has 0 spiro atoms. The first kappa shape index (κ1) is 18.4. The van der Waals surface area contributed by atoms with Gasteiger partial charge >= 0.3 is 0 Å². The molecule has 2 atom stereocenters. The van der Waals surface area contributed by atoms with Crippen molar-refractivity contribution in [2.75, 3.05) is 15.5 Å². The van der Waals surface area contributed by atoms with Gasteiger partial charge in [0, 0.05) is 11.7 Å². The van der Waals surface area contributed by atoms with Crippen LogP contribution in [0.15, 0.2) is 48.5 Å². The van der Waals surface area contributed by atoms with Gasteiger partial charge in [-0.1, -0.05) is 18.2 Å². The summed E-state index contributed by atoms with van der Waals surface area (Å²) >= 11 is 0. The van der Waals surface area contributed by atoms with E-state index in [9.17, 15) is 17.6 Å². The summed E-state index contributed by atoms with van der Waals surface area (Å²) in [5.74, 6) is -0.777. The third-order valence-corrected chi connectivity index (χ3v) is 5.83. The fourth-order valence-corrected chi connectivity index (χ4v) is 4.66. The van der Waals surface area contributed by atoms with Crippen molar-refractivity contribution in [2.24, 2.45) is 0 Å². The van der Waals surface area contributed by atoms with E-state index in [2.05, 4.69) is 0 Å². The maximum Gasteiger partial charge on any atom is 0.250 e. The molecule has 0 N–H and O–H groups in total. The molecule has 1 heterocycles. The molecular formula is C19H21FN2O3S. The van der Waals surface area contributed by atoms with Gasteiger partial charge in [0.15, 0.2) is 0 Å². The number of para-hydroxylation sites is 1. The Morgan fingerprint density at radius 1 is 1.19 bits per heavy atom. The lowest BCUT2D eigenvalue weighted by Gasteiger charge is -2.33. The van der Waals surface area contributed by atoms with Crippen molar-refractivity contribution >= 4 is 27.3 Å². The predicted octanol–water partition coefficient (Wildman–Crippen LogP) is 2.96. The van der Waals surface area contributed by atoms with E-state index in [1.54, 1.807) is 11.8 Å². The van der Waals surface area contributed by atoms with E-state index < -0.39 is 21.9 Å². The Morgan fingerprint density at radius 2 is 1.81 bits per heavy atom. The Morgan fingerprint density at radius 3 is 2.42 bits per heavy atom. The van der Waals surface area contributed by atoms with Crippen LogP contribution in [-0.2, 0) is 21.2 Å². The SMILES string of the molecule is C[C@H]1Cc2ccccc2N1C(=O)[C@H](C)N(c1ccc(F)cc1)S(C)(=O)=O. The quantitative estimate of drug-likeness (QED) is 0.824. The molecule has 1 aliphatic rings. The van der Waals surface area contributed by atoms with Crippen molar-refractivity contribution in [1.82, 2.24) is 0 Å². The molecule has 0 bridgehead atoms. The average Bonchev–Trinajstić information content (AvgIpc) is 2.90. The highest BCUT2D eigenvalue weighted by Crippen LogP contribution is 2.33. The highest BCUT2D eigenvalue weighted by Gasteiger charge is 2.37. The molecule has 5 nitrogen and oxygen atoms in total. The van der Waals surface area contributed by atoms with Crippen molar-refractivity contribution in [3.8, 4) is 0 Å². The molecule has 2 aromatic rings. The summed E-state index contributed by atoms with van der Waals surface area (Å²) in [6.07, 6.45) is 1.77. The molecule has 0 saturated carbocycles. The van der Waals surface area contributed by atoms with Gasteiger partial charge < -0.3 is 4.90 Å². The standard InChI is InChI=1S/C19H21FN2O3S/c1-13-12-15-6-4-5-7-18(15)21(13)19(23)14(2)22(26(3,24)25)17-10-8-16(20)9-11-17/h4-11,13-14H,12H2,1-3H3/t13-,14-/m0/s1. The number of anilines is 2. The molecule has 7 heteroatoms. The second-order valence-electron chi connectivity index (χ2n) is 6.60. The number of carbonyl (C=O) groups excluding carboxylic acids is 1. The van der Waals surface area contributed by atoms with Gasteiger partial charge in [0.25, 0.3) is 5.91 Å². The van der Waals surface area contributed by atoms with Crippen LogP contribution in [0, 0.1) is 5.82 Å². The van der Waals surface area contributed by atoms with E-state index in [0.717, 1.165) is 28.2 Å². The van der Waals surface area contributed by atoms with Crippen molar-refractivity contribution in [1.29, 1.82) is 0 Å². The van der Waals surface area contributed by atoms with E-state index >= 15 is 0 Å². The number of halogens is 1. The van der Waals surface area contributed by atoms with E-state index in [-0.39, 0.29) is 17.6 Å². The fraction of sp³-hybridized carbons (Fsp3) is 0.316. The molecule has 2 aromatic carbocycles. The minimum absolute atomic E-state index is 0.0584. The Kier molecular flexibility index (Phi) is 4.75. The van der Waals surface area contributed by atoms with Gasteiger partial charge in [-0.05, 0) is 56.2 Å². The lowest BCUT2D eigenvalue weighted by Crippen LogP contribution is -2.51. The van der Waals surface area contributed by atoms with Crippen LogP contribution < -0.4 is 9.21 Å². The number of nitrogens with zero attached hydrogens (tertiary/aromatic N) is 2. The summed E-state index contributed by atoms with van der Waals surface area (Å²) in [5.41, 5.74) is 2.13. The van der Waals surface area contributed by atoms with E-state index in [1.165, 1.54) is 24.3 Å². The Labute approximate surface area is 153 Å². The molecule has 26 heavy (non-hydrogen) atoms. The zero-order chi connectivity index (χ0) is 19.1. The van der Waals surface area contributed by atoms with Gasteiger partial charge in [-0.2, -0.15) is 0 Å². The zero-order valence-electron chi connectivity index (χ0n) is 14.9. The molecule has 0 unspecified atom stereocenters. The molecule has 3 rings (SSSR count). The van der Waals surface area contributed by atoms with E-state index in [4.69, 9.17) is 0 Å². The fourth-order valence-electron chi connectivity index (χ4n) is 3.49. The molecule has 1 amide bonds. The lowest BCUT2D eigenvalue weighted by atomic mass is 10.1. The molecule has 0 radical (unpaired) electrons. The summed E-state index contributed by atoms with van der Waals surface area (Å²) in [6.45, 7) is 3.49.